The normalized spacial score (nSPS) is 12.1. The highest BCUT2D eigenvalue weighted by Crippen LogP contribution is 2.25. The van der Waals surface area contributed by atoms with E-state index in [0.717, 1.165) is 5.69 Å². The molecule has 2 heterocycles. The minimum absolute atomic E-state index is 0.0364. The summed E-state index contributed by atoms with van der Waals surface area (Å²) in [6, 6.07) is 3.62. The third-order valence-electron chi connectivity index (χ3n) is 2.90. The highest BCUT2D eigenvalue weighted by Gasteiger charge is 2.20. The number of hydrogen-bond acceptors (Lipinski definition) is 4. The number of hydrogen-bond donors (Lipinski definition) is 1. The average Bonchev–Trinajstić information content (AvgIpc) is 2.89. The number of carbonyl (C=O) groups is 1. The van der Waals surface area contributed by atoms with E-state index < -0.39 is 11.0 Å². The van der Waals surface area contributed by atoms with Crippen LogP contribution in [0.3, 0.4) is 0 Å². The minimum Gasteiger partial charge on any atom is -0.307 e. The Kier molecular flexibility index (Phi) is 5.64. The second-order valence-corrected chi connectivity index (χ2v) is 5.93. The van der Waals surface area contributed by atoms with Crippen molar-refractivity contribution in [1.29, 1.82) is 0 Å². The molecule has 1 N–H and O–H groups in total. The van der Waals surface area contributed by atoms with Gasteiger partial charge in [-0.3, -0.25) is 9.78 Å². The van der Waals surface area contributed by atoms with Gasteiger partial charge >= 0.3 is 0 Å². The van der Waals surface area contributed by atoms with Gasteiger partial charge in [0.05, 0.1) is 35.6 Å². The Morgan fingerprint density at radius 1 is 1.55 bits per heavy atom. The Morgan fingerprint density at radius 3 is 2.91 bits per heavy atom. The molecule has 0 aliphatic carbocycles. The zero-order valence-electron chi connectivity index (χ0n) is 12.2. The maximum absolute atomic E-state index is 12.2. The molecule has 7 nitrogen and oxygen atoms in total. The molecule has 1 unspecified atom stereocenters. The highest BCUT2D eigenvalue weighted by molar-refractivity contribution is 7.82. The van der Waals surface area contributed by atoms with E-state index >= 15 is 0 Å². The number of pyridine rings is 1. The maximum atomic E-state index is 12.2. The molecule has 0 saturated carbocycles. The van der Waals surface area contributed by atoms with Crippen molar-refractivity contribution in [3.63, 3.8) is 0 Å². The Bertz CT molecular complexity index is 676. The fourth-order valence-corrected chi connectivity index (χ4v) is 2.45. The summed E-state index contributed by atoms with van der Waals surface area (Å²) in [5.41, 5.74) is 1.24. The zero-order chi connectivity index (χ0) is 16.1. The number of aromatic nitrogens is 3. The number of rotatable bonds is 6. The molecule has 2 rings (SSSR count). The van der Waals surface area contributed by atoms with Crippen LogP contribution in [-0.4, -0.2) is 44.2 Å². The molecule has 2 aromatic heterocycles. The first-order chi connectivity index (χ1) is 10.5. The van der Waals surface area contributed by atoms with Crippen molar-refractivity contribution >= 4 is 34.2 Å². The molecule has 0 radical (unpaired) electrons. The van der Waals surface area contributed by atoms with Crippen molar-refractivity contribution in [1.82, 2.24) is 19.5 Å². The van der Waals surface area contributed by atoms with Crippen molar-refractivity contribution in [3.8, 4) is 5.69 Å². The molecule has 0 bridgehead atoms. The summed E-state index contributed by atoms with van der Waals surface area (Å²) in [5, 5.41) is 4.41. The monoisotopic (exact) mass is 341 g/mol. The molecule has 0 aromatic carbocycles. The molecule has 9 heteroatoms. The summed E-state index contributed by atoms with van der Waals surface area (Å²) in [6.07, 6.45) is 6.45. The molecule has 0 spiro atoms. The lowest BCUT2D eigenvalue weighted by Crippen LogP contribution is -2.38. The average molecular weight is 342 g/mol. The van der Waals surface area contributed by atoms with Gasteiger partial charge in [-0.15, -0.1) is 0 Å². The van der Waals surface area contributed by atoms with Crippen LogP contribution >= 0.6 is 11.6 Å². The van der Waals surface area contributed by atoms with Crippen molar-refractivity contribution < 1.29 is 9.00 Å². The predicted octanol–water partition coefficient (Wildman–Crippen LogP) is 1.16. The number of nitrogens with zero attached hydrogens (tertiary/aromatic N) is 4. The van der Waals surface area contributed by atoms with Crippen LogP contribution < -0.4 is 9.62 Å². The van der Waals surface area contributed by atoms with Crippen molar-refractivity contribution in [2.45, 2.75) is 6.92 Å². The van der Waals surface area contributed by atoms with Gasteiger partial charge in [0.1, 0.15) is 5.69 Å². The number of anilines is 1. The van der Waals surface area contributed by atoms with Gasteiger partial charge in [-0.1, -0.05) is 11.6 Å². The van der Waals surface area contributed by atoms with E-state index in [2.05, 4.69) is 14.8 Å². The van der Waals surface area contributed by atoms with Gasteiger partial charge in [0.2, 0.25) is 5.91 Å². The van der Waals surface area contributed by atoms with Gasteiger partial charge < -0.3 is 4.90 Å². The predicted molar refractivity (Wildman–Crippen MR) is 86.5 cm³/mol. The fraction of sp³-hybridized carbons (Fsp3) is 0.308. The molecule has 0 aliphatic rings. The molecule has 1 amide bonds. The SMILES string of the molecule is CCN(C(=O)CNS(C)=O)c1cn(-c2cccnc2)nc1Cl. The molecule has 2 aromatic rings. The maximum Gasteiger partial charge on any atom is 0.242 e. The summed E-state index contributed by atoms with van der Waals surface area (Å²) in [4.78, 5) is 17.7. The van der Waals surface area contributed by atoms with Crippen LogP contribution in [0.1, 0.15) is 6.92 Å². The van der Waals surface area contributed by atoms with Gasteiger partial charge in [0.25, 0.3) is 0 Å². The van der Waals surface area contributed by atoms with Crippen molar-refractivity contribution in [2.75, 3.05) is 24.2 Å². The molecular formula is C13H16ClN5O2S. The first kappa shape index (κ1) is 16.6. The summed E-state index contributed by atoms with van der Waals surface area (Å²) >= 11 is 6.15. The van der Waals surface area contributed by atoms with Crippen LogP contribution in [0.5, 0.6) is 0 Å². The highest BCUT2D eigenvalue weighted by atomic mass is 35.5. The zero-order valence-corrected chi connectivity index (χ0v) is 13.8. The van der Waals surface area contributed by atoms with Crippen LogP contribution in [0.25, 0.3) is 5.69 Å². The molecular weight excluding hydrogens is 326 g/mol. The van der Waals surface area contributed by atoms with E-state index in [1.54, 1.807) is 29.3 Å². The van der Waals surface area contributed by atoms with Crippen LogP contribution in [-0.2, 0) is 15.8 Å². The van der Waals surface area contributed by atoms with Gasteiger partial charge in [-0.25, -0.2) is 13.6 Å². The van der Waals surface area contributed by atoms with Crippen LogP contribution in [0.15, 0.2) is 30.7 Å². The first-order valence-corrected chi connectivity index (χ1v) is 8.49. The van der Waals surface area contributed by atoms with Gasteiger partial charge in [0, 0.05) is 19.0 Å². The van der Waals surface area contributed by atoms with E-state index in [-0.39, 0.29) is 17.6 Å². The summed E-state index contributed by atoms with van der Waals surface area (Å²) < 4.78 is 15.2. The number of halogens is 1. The van der Waals surface area contributed by atoms with Gasteiger partial charge in [0.15, 0.2) is 5.15 Å². The largest absolute Gasteiger partial charge is 0.307 e. The van der Waals surface area contributed by atoms with Crippen LogP contribution in [0, 0.1) is 0 Å². The Hall–Kier alpha value is -1.77. The van der Waals surface area contributed by atoms with E-state index in [1.807, 2.05) is 13.0 Å². The lowest BCUT2D eigenvalue weighted by Gasteiger charge is -2.19. The first-order valence-electron chi connectivity index (χ1n) is 6.55. The summed E-state index contributed by atoms with van der Waals surface area (Å²) in [6.45, 7) is 2.22. The fourth-order valence-electron chi connectivity index (χ4n) is 1.89. The second kappa shape index (κ2) is 7.48. The van der Waals surface area contributed by atoms with Crippen LogP contribution in [0.2, 0.25) is 5.15 Å². The lowest BCUT2D eigenvalue weighted by molar-refractivity contribution is -0.117. The Balaban J connectivity index is 2.25. The van der Waals surface area contributed by atoms with Gasteiger partial charge in [-0.05, 0) is 19.1 Å². The Labute approximate surface area is 135 Å². The van der Waals surface area contributed by atoms with Gasteiger partial charge in [-0.2, -0.15) is 5.10 Å². The number of amides is 1. The van der Waals surface area contributed by atoms with E-state index in [4.69, 9.17) is 11.6 Å². The Morgan fingerprint density at radius 2 is 2.32 bits per heavy atom. The van der Waals surface area contributed by atoms with E-state index in [0.29, 0.717) is 12.2 Å². The van der Waals surface area contributed by atoms with Crippen molar-refractivity contribution in [3.05, 3.63) is 35.9 Å². The van der Waals surface area contributed by atoms with Crippen molar-refractivity contribution in [2.24, 2.45) is 0 Å². The molecule has 0 fully saturated rings. The third-order valence-corrected chi connectivity index (χ3v) is 3.72. The van der Waals surface area contributed by atoms with Crippen LogP contribution in [0.4, 0.5) is 5.69 Å². The quantitative estimate of drug-likeness (QED) is 0.855. The smallest absolute Gasteiger partial charge is 0.242 e. The number of likely N-dealkylation sites (N-methyl/N-ethyl adjacent to an activating group) is 1. The molecule has 118 valence electrons. The minimum atomic E-state index is -1.25. The van der Waals surface area contributed by atoms with E-state index in [9.17, 15) is 9.00 Å². The third kappa shape index (κ3) is 3.90. The topological polar surface area (TPSA) is 80.1 Å². The number of nitrogens with one attached hydrogen (secondary N) is 1. The van der Waals surface area contributed by atoms with E-state index in [1.165, 1.54) is 11.2 Å². The lowest BCUT2D eigenvalue weighted by atomic mass is 10.4. The summed E-state index contributed by atoms with van der Waals surface area (Å²) in [7, 11) is -1.25. The molecule has 0 aliphatic heterocycles. The molecule has 22 heavy (non-hydrogen) atoms. The number of carbonyl (C=O) groups excluding carboxylic acids is 1. The molecule has 1 atom stereocenters. The standard InChI is InChI=1S/C13H16ClN5O2S/c1-3-18(12(20)8-16-22(2)21)11-9-19(17-13(11)14)10-5-4-6-15-7-10/h4-7,9,16H,3,8H2,1-2H3. The molecule has 0 saturated heterocycles. The second-order valence-electron chi connectivity index (χ2n) is 4.37. The summed E-state index contributed by atoms with van der Waals surface area (Å²) in [5.74, 6) is -0.231.